The van der Waals surface area contributed by atoms with Crippen molar-refractivity contribution in [3.8, 4) is 5.75 Å². The minimum atomic E-state index is -0.292. The Bertz CT molecular complexity index is 640. The summed E-state index contributed by atoms with van der Waals surface area (Å²) in [6, 6.07) is 12.9. The van der Waals surface area contributed by atoms with Gasteiger partial charge in [0.15, 0.2) is 0 Å². The highest BCUT2D eigenvalue weighted by atomic mass is 35.5. The van der Waals surface area contributed by atoms with Crippen molar-refractivity contribution in [1.29, 1.82) is 0 Å². The first-order valence-electron chi connectivity index (χ1n) is 7.02. The van der Waals surface area contributed by atoms with E-state index in [1.54, 1.807) is 13.2 Å². The molecule has 0 aliphatic heterocycles. The molecule has 0 atom stereocenters. The zero-order valence-corrected chi connectivity index (χ0v) is 12.5. The van der Waals surface area contributed by atoms with Gasteiger partial charge < -0.3 is 10.1 Å². The maximum absolute atomic E-state index is 13.2. The van der Waals surface area contributed by atoms with Crippen molar-refractivity contribution < 1.29 is 9.13 Å². The van der Waals surface area contributed by atoms with Gasteiger partial charge in [-0.15, -0.1) is 0 Å². The van der Waals surface area contributed by atoms with Crippen molar-refractivity contribution in [3.05, 3.63) is 58.9 Å². The molecule has 0 bridgehead atoms. The molecule has 0 radical (unpaired) electrons. The molecule has 0 heterocycles. The molecule has 1 aliphatic rings. The van der Waals surface area contributed by atoms with Crippen molar-refractivity contribution in [2.45, 2.75) is 24.8 Å². The number of anilines is 1. The van der Waals surface area contributed by atoms with Crippen molar-refractivity contribution in [1.82, 2.24) is 0 Å². The third kappa shape index (κ3) is 2.98. The summed E-state index contributed by atoms with van der Waals surface area (Å²) in [5.41, 5.74) is 2.05. The van der Waals surface area contributed by atoms with Crippen LogP contribution in [0.4, 0.5) is 10.1 Å². The van der Waals surface area contributed by atoms with Gasteiger partial charge in [-0.05, 0) is 42.5 Å². The second-order valence-electron chi connectivity index (χ2n) is 5.38. The minimum Gasteiger partial charge on any atom is -0.494 e. The van der Waals surface area contributed by atoms with Crippen LogP contribution in [0.5, 0.6) is 5.75 Å². The number of ether oxygens (including phenoxy) is 1. The second kappa shape index (κ2) is 5.94. The lowest BCUT2D eigenvalue weighted by Crippen LogP contribution is -2.34. The SMILES string of the molecule is COc1cc(F)ccc1NC1CC(c2ccccc2Cl)C1. The summed E-state index contributed by atoms with van der Waals surface area (Å²) in [7, 11) is 1.55. The Morgan fingerprint density at radius 2 is 1.95 bits per heavy atom. The molecular formula is C17H17ClFNO. The quantitative estimate of drug-likeness (QED) is 0.872. The third-order valence-corrected chi connectivity index (χ3v) is 4.35. The van der Waals surface area contributed by atoms with Gasteiger partial charge in [0.1, 0.15) is 11.6 Å². The molecule has 0 unspecified atom stereocenters. The average Bonchev–Trinajstić information content (AvgIpc) is 2.44. The largest absolute Gasteiger partial charge is 0.494 e. The predicted octanol–water partition coefficient (Wildman–Crippen LogP) is 4.85. The number of hydrogen-bond donors (Lipinski definition) is 1. The fraction of sp³-hybridized carbons (Fsp3) is 0.294. The van der Waals surface area contributed by atoms with Gasteiger partial charge in [-0.2, -0.15) is 0 Å². The van der Waals surface area contributed by atoms with Crippen LogP contribution in [0.3, 0.4) is 0 Å². The first-order chi connectivity index (χ1) is 10.2. The minimum absolute atomic E-state index is 0.292. The van der Waals surface area contributed by atoms with E-state index in [9.17, 15) is 4.39 Å². The van der Waals surface area contributed by atoms with Crippen LogP contribution in [0.2, 0.25) is 5.02 Å². The maximum Gasteiger partial charge on any atom is 0.144 e. The fourth-order valence-electron chi connectivity index (χ4n) is 2.80. The molecule has 3 rings (SSSR count). The number of rotatable bonds is 4. The maximum atomic E-state index is 13.2. The molecule has 0 aromatic heterocycles. The molecule has 110 valence electrons. The molecule has 1 saturated carbocycles. The number of methoxy groups -OCH3 is 1. The van der Waals surface area contributed by atoms with Gasteiger partial charge in [0, 0.05) is 17.1 Å². The highest BCUT2D eigenvalue weighted by Crippen LogP contribution is 2.42. The van der Waals surface area contributed by atoms with Gasteiger partial charge in [0.2, 0.25) is 0 Å². The van der Waals surface area contributed by atoms with Crippen molar-refractivity contribution in [3.63, 3.8) is 0 Å². The van der Waals surface area contributed by atoms with Gasteiger partial charge >= 0.3 is 0 Å². The van der Waals surface area contributed by atoms with E-state index in [4.69, 9.17) is 16.3 Å². The predicted molar refractivity (Wildman–Crippen MR) is 83.8 cm³/mol. The summed E-state index contributed by atoms with van der Waals surface area (Å²) in [4.78, 5) is 0. The molecule has 2 nitrogen and oxygen atoms in total. The monoisotopic (exact) mass is 305 g/mol. The topological polar surface area (TPSA) is 21.3 Å². The molecule has 1 fully saturated rings. The van der Waals surface area contributed by atoms with Gasteiger partial charge in [-0.25, -0.2) is 4.39 Å². The lowest BCUT2D eigenvalue weighted by molar-refractivity contribution is 0.370. The van der Waals surface area contributed by atoms with E-state index < -0.39 is 0 Å². The van der Waals surface area contributed by atoms with E-state index in [0.717, 1.165) is 23.6 Å². The molecule has 0 spiro atoms. The molecule has 1 aliphatic carbocycles. The van der Waals surface area contributed by atoms with Crippen molar-refractivity contribution in [2.24, 2.45) is 0 Å². The van der Waals surface area contributed by atoms with Gasteiger partial charge in [0.25, 0.3) is 0 Å². The lowest BCUT2D eigenvalue weighted by atomic mass is 9.76. The summed E-state index contributed by atoms with van der Waals surface area (Å²) >= 11 is 6.22. The number of hydrogen-bond acceptors (Lipinski definition) is 2. The Balaban J connectivity index is 1.64. The average molecular weight is 306 g/mol. The van der Waals surface area contributed by atoms with Crippen LogP contribution in [-0.2, 0) is 0 Å². The normalized spacial score (nSPS) is 20.7. The number of halogens is 2. The molecule has 0 amide bonds. The molecule has 0 saturated heterocycles. The van der Waals surface area contributed by atoms with E-state index in [0.29, 0.717) is 17.7 Å². The van der Waals surface area contributed by atoms with Gasteiger partial charge in [0.05, 0.1) is 12.8 Å². The third-order valence-electron chi connectivity index (χ3n) is 4.01. The molecule has 21 heavy (non-hydrogen) atoms. The van der Waals surface area contributed by atoms with Crippen LogP contribution < -0.4 is 10.1 Å². The highest BCUT2D eigenvalue weighted by molar-refractivity contribution is 6.31. The molecule has 2 aromatic rings. The van der Waals surface area contributed by atoms with Crippen LogP contribution in [0.25, 0.3) is 0 Å². The first-order valence-corrected chi connectivity index (χ1v) is 7.39. The van der Waals surface area contributed by atoms with E-state index in [-0.39, 0.29) is 5.82 Å². The van der Waals surface area contributed by atoms with E-state index >= 15 is 0 Å². The number of nitrogens with one attached hydrogen (secondary N) is 1. The van der Waals surface area contributed by atoms with Crippen molar-refractivity contribution in [2.75, 3.05) is 12.4 Å². The first kappa shape index (κ1) is 14.2. The zero-order valence-electron chi connectivity index (χ0n) is 11.8. The molecule has 1 N–H and O–H groups in total. The summed E-state index contributed by atoms with van der Waals surface area (Å²) in [6.07, 6.45) is 2.04. The number of benzene rings is 2. The molecule has 4 heteroatoms. The summed E-state index contributed by atoms with van der Waals surface area (Å²) < 4.78 is 18.4. The van der Waals surface area contributed by atoms with Crippen LogP contribution >= 0.6 is 11.6 Å². The Hall–Kier alpha value is -1.74. The van der Waals surface area contributed by atoms with Crippen LogP contribution in [0, 0.1) is 5.82 Å². The van der Waals surface area contributed by atoms with E-state index in [2.05, 4.69) is 11.4 Å². The lowest BCUT2D eigenvalue weighted by Gasteiger charge is -2.37. The smallest absolute Gasteiger partial charge is 0.144 e. The Labute approximate surface area is 128 Å². The second-order valence-corrected chi connectivity index (χ2v) is 5.78. The standard InChI is InChI=1S/C17H17ClFNO/c1-21-17-10-12(19)6-7-16(17)20-13-8-11(9-13)14-4-2-3-5-15(14)18/h2-7,10-11,13,20H,8-9H2,1H3. The molecule has 2 aromatic carbocycles. The van der Waals surface area contributed by atoms with Gasteiger partial charge in [-0.1, -0.05) is 29.8 Å². The fourth-order valence-corrected chi connectivity index (χ4v) is 3.09. The van der Waals surface area contributed by atoms with E-state index in [1.807, 2.05) is 18.2 Å². The van der Waals surface area contributed by atoms with Gasteiger partial charge in [-0.3, -0.25) is 0 Å². The Kier molecular flexibility index (Phi) is 4.02. The zero-order chi connectivity index (χ0) is 14.8. The summed E-state index contributed by atoms with van der Waals surface area (Å²) in [6.45, 7) is 0. The Morgan fingerprint density at radius 3 is 2.67 bits per heavy atom. The molecular weight excluding hydrogens is 289 g/mol. The summed E-state index contributed by atoms with van der Waals surface area (Å²) in [5, 5.41) is 4.24. The summed E-state index contributed by atoms with van der Waals surface area (Å²) in [5.74, 6) is 0.735. The Morgan fingerprint density at radius 1 is 1.19 bits per heavy atom. The van der Waals surface area contributed by atoms with Crippen LogP contribution in [-0.4, -0.2) is 13.2 Å². The van der Waals surface area contributed by atoms with Crippen LogP contribution in [0.15, 0.2) is 42.5 Å². The highest BCUT2D eigenvalue weighted by Gasteiger charge is 2.31. The van der Waals surface area contributed by atoms with Crippen LogP contribution in [0.1, 0.15) is 24.3 Å². The van der Waals surface area contributed by atoms with Crippen molar-refractivity contribution >= 4 is 17.3 Å². The van der Waals surface area contributed by atoms with E-state index in [1.165, 1.54) is 17.7 Å².